The summed E-state index contributed by atoms with van der Waals surface area (Å²) in [6, 6.07) is 5.67. The van der Waals surface area contributed by atoms with Crippen LogP contribution in [-0.2, 0) is 4.74 Å². The molecule has 0 aliphatic carbocycles. The first kappa shape index (κ1) is 19.7. The van der Waals surface area contributed by atoms with E-state index in [4.69, 9.17) is 4.74 Å². The summed E-state index contributed by atoms with van der Waals surface area (Å²) in [6.45, 7) is 7.46. The molecule has 3 rings (SSSR count). The molecule has 146 valence electrons. The minimum absolute atomic E-state index is 0.186. The standard InChI is InChI=1S/C19H25BrN4O3/c1-19(2,3)27-18(26)24-8-6-12(7-9-24)11-21-17(25)16-14-10-13(20)4-5-15(14)22-23-16/h4-5,10,12H,6-9,11H2,1-3H3,(H,21,25)(H,22,23). The molecular formula is C19H25BrN4O3. The molecule has 0 atom stereocenters. The van der Waals surface area contributed by atoms with Crippen LogP contribution >= 0.6 is 15.9 Å². The molecular weight excluding hydrogens is 412 g/mol. The van der Waals surface area contributed by atoms with Gasteiger partial charge >= 0.3 is 6.09 Å². The third-order valence-electron chi connectivity index (χ3n) is 4.56. The third-order valence-corrected chi connectivity index (χ3v) is 5.05. The Morgan fingerprint density at radius 1 is 1.33 bits per heavy atom. The summed E-state index contributed by atoms with van der Waals surface area (Å²) in [6.07, 6.45) is 1.41. The van der Waals surface area contributed by atoms with Crippen LogP contribution in [0.1, 0.15) is 44.1 Å². The number of hydrogen-bond acceptors (Lipinski definition) is 4. The maximum Gasteiger partial charge on any atom is 0.410 e. The highest BCUT2D eigenvalue weighted by molar-refractivity contribution is 9.10. The summed E-state index contributed by atoms with van der Waals surface area (Å²) in [7, 11) is 0. The highest BCUT2D eigenvalue weighted by Gasteiger charge is 2.27. The predicted octanol–water partition coefficient (Wildman–Crippen LogP) is 3.70. The number of nitrogens with one attached hydrogen (secondary N) is 2. The Kier molecular flexibility index (Phi) is 5.74. The van der Waals surface area contributed by atoms with Gasteiger partial charge in [-0.15, -0.1) is 0 Å². The highest BCUT2D eigenvalue weighted by Crippen LogP contribution is 2.22. The number of aromatic amines is 1. The van der Waals surface area contributed by atoms with Gasteiger partial charge in [-0.25, -0.2) is 4.79 Å². The van der Waals surface area contributed by atoms with Crippen LogP contribution in [0, 0.1) is 5.92 Å². The van der Waals surface area contributed by atoms with Gasteiger partial charge in [-0.2, -0.15) is 5.10 Å². The van der Waals surface area contributed by atoms with Crippen molar-refractivity contribution in [2.75, 3.05) is 19.6 Å². The van der Waals surface area contributed by atoms with Gasteiger partial charge in [0.25, 0.3) is 5.91 Å². The maximum absolute atomic E-state index is 12.5. The summed E-state index contributed by atoms with van der Waals surface area (Å²) in [5.74, 6) is 0.151. The average Bonchev–Trinajstić information content (AvgIpc) is 3.01. The molecule has 0 spiro atoms. The largest absolute Gasteiger partial charge is 0.444 e. The molecule has 0 radical (unpaired) electrons. The molecule has 7 nitrogen and oxygen atoms in total. The number of fused-ring (bicyclic) bond motifs is 1. The van der Waals surface area contributed by atoms with E-state index in [-0.39, 0.29) is 12.0 Å². The Morgan fingerprint density at radius 2 is 2.04 bits per heavy atom. The molecule has 1 saturated heterocycles. The zero-order valence-corrected chi connectivity index (χ0v) is 17.4. The van der Waals surface area contributed by atoms with Crippen molar-refractivity contribution < 1.29 is 14.3 Å². The second-order valence-electron chi connectivity index (χ2n) is 7.88. The van der Waals surface area contributed by atoms with Gasteiger partial charge in [0, 0.05) is 29.5 Å². The second kappa shape index (κ2) is 7.88. The van der Waals surface area contributed by atoms with Crippen LogP contribution in [0.2, 0.25) is 0 Å². The lowest BCUT2D eigenvalue weighted by Gasteiger charge is -2.33. The van der Waals surface area contributed by atoms with Gasteiger partial charge in [0.2, 0.25) is 0 Å². The number of amides is 2. The molecule has 2 heterocycles. The monoisotopic (exact) mass is 436 g/mol. The van der Waals surface area contributed by atoms with Gasteiger partial charge < -0.3 is 15.0 Å². The Bertz CT molecular complexity index is 835. The van der Waals surface area contributed by atoms with E-state index < -0.39 is 5.60 Å². The minimum Gasteiger partial charge on any atom is -0.444 e. The molecule has 2 amide bonds. The summed E-state index contributed by atoms with van der Waals surface area (Å²) in [5, 5.41) is 10.8. The number of halogens is 1. The SMILES string of the molecule is CC(C)(C)OC(=O)N1CCC(CNC(=O)c2n[nH]c3ccc(Br)cc23)CC1. The zero-order valence-electron chi connectivity index (χ0n) is 15.8. The van der Waals surface area contributed by atoms with Crippen molar-refractivity contribution >= 4 is 38.8 Å². The Labute approximate surface area is 166 Å². The fourth-order valence-electron chi connectivity index (χ4n) is 3.13. The molecule has 1 aromatic carbocycles. The van der Waals surface area contributed by atoms with E-state index in [1.807, 2.05) is 39.0 Å². The lowest BCUT2D eigenvalue weighted by atomic mass is 9.97. The van der Waals surface area contributed by atoms with Crippen LogP contribution in [0.5, 0.6) is 0 Å². The molecule has 27 heavy (non-hydrogen) atoms. The van der Waals surface area contributed by atoms with E-state index in [9.17, 15) is 9.59 Å². The van der Waals surface area contributed by atoms with Gasteiger partial charge in [0.15, 0.2) is 5.69 Å². The number of rotatable bonds is 3. The Hall–Kier alpha value is -2.09. The quantitative estimate of drug-likeness (QED) is 0.767. The van der Waals surface area contributed by atoms with Crippen LogP contribution in [0.15, 0.2) is 22.7 Å². The van der Waals surface area contributed by atoms with E-state index >= 15 is 0 Å². The molecule has 8 heteroatoms. The van der Waals surface area contributed by atoms with Gasteiger partial charge in [-0.3, -0.25) is 9.89 Å². The first-order valence-electron chi connectivity index (χ1n) is 9.13. The zero-order chi connectivity index (χ0) is 19.6. The van der Waals surface area contributed by atoms with E-state index in [0.29, 0.717) is 31.2 Å². The van der Waals surface area contributed by atoms with Crippen LogP contribution in [0.4, 0.5) is 4.79 Å². The van der Waals surface area contributed by atoms with Crippen molar-refractivity contribution in [3.05, 3.63) is 28.4 Å². The van der Waals surface area contributed by atoms with Gasteiger partial charge in [0.05, 0.1) is 5.52 Å². The van der Waals surface area contributed by atoms with Crippen LogP contribution in [0.25, 0.3) is 10.9 Å². The van der Waals surface area contributed by atoms with Crippen molar-refractivity contribution in [1.29, 1.82) is 0 Å². The number of nitrogens with zero attached hydrogens (tertiary/aromatic N) is 2. The van der Waals surface area contributed by atoms with E-state index in [1.54, 1.807) is 4.90 Å². The Morgan fingerprint density at radius 3 is 2.70 bits per heavy atom. The fourth-order valence-corrected chi connectivity index (χ4v) is 3.49. The molecule has 1 aliphatic heterocycles. The van der Waals surface area contributed by atoms with Crippen LogP contribution < -0.4 is 5.32 Å². The first-order chi connectivity index (χ1) is 12.7. The second-order valence-corrected chi connectivity index (χ2v) is 8.80. The number of carbonyl (C=O) groups excluding carboxylic acids is 2. The number of piperidine rings is 1. The molecule has 0 saturated carbocycles. The normalized spacial score (nSPS) is 15.8. The molecule has 2 N–H and O–H groups in total. The van der Waals surface area contributed by atoms with Gasteiger partial charge in [0.1, 0.15) is 5.60 Å². The molecule has 2 aromatic rings. The molecule has 0 bridgehead atoms. The molecule has 0 unspecified atom stereocenters. The lowest BCUT2D eigenvalue weighted by molar-refractivity contribution is 0.0183. The number of ether oxygens (including phenoxy) is 1. The molecule has 1 aliphatic rings. The summed E-state index contributed by atoms with van der Waals surface area (Å²) in [5.41, 5.74) is 0.745. The van der Waals surface area contributed by atoms with Crippen molar-refractivity contribution in [3.63, 3.8) is 0 Å². The predicted molar refractivity (Wildman–Crippen MR) is 107 cm³/mol. The van der Waals surface area contributed by atoms with Crippen molar-refractivity contribution in [3.8, 4) is 0 Å². The third kappa shape index (κ3) is 5.00. The van der Waals surface area contributed by atoms with Gasteiger partial charge in [-0.1, -0.05) is 15.9 Å². The van der Waals surface area contributed by atoms with Crippen LogP contribution in [0.3, 0.4) is 0 Å². The molecule has 1 fully saturated rings. The van der Waals surface area contributed by atoms with Crippen LogP contribution in [-0.4, -0.2) is 52.3 Å². The first-order valence-corrected chi connectivity index (χ1v) is 9.92. The van der Waals surface area contributed by atoms with E-state index in [2.05, 4.69) is 31.4 Å². The number of carbonyl (C=O) groups is 2. The topological polar surface area (TPSA) is 87.3 Å². The van der Waals surface area contributed by atoms with Crippen molar-refractivity contribution in [2.45, 2.75) is 39.2 Å². The number of benzene rings is 1. The number of aromatic nitrogens is 2. The smallest absolute Gasteiger partial charge is 0.410 e. The fraction of sp³-hybridized carbons (Fsp3) is 0.526. The Balaban J connectivity index is 1.50. The average molecular weight is 437 g/mol. The highest BCUT2D eigenvalue weighted by atomic mass is 79.9. The minimum atomic E-state index is -0.483. The number of likely N-dealkylation sites (tertiary alicyclic amines) is 1. The van der Waals surface area contributed by atoms with E-state index in [1.165, 1.54) is 0 Å². The van der Waals surface area contributed by atoms with Crippen molar-refractivity contribution in [2.24, 2.45) is 5.92 Å². The summed E-state index contributed by atoms with van der Waals surface area (Å²) >= 11 is 3.42. The molecule has 1 aromatic heterocycles. The number of hydrogen-bond donors (Lipinski definition) is 2. The maximum atomic E-state index is 12.5. The van der Waals surface area contributed by atoms with Crippen molar-refractivity contribution in [1.82, 2.24) is 20.4 Å². The van der Waals surface area contributed by atoms with E-state index in [0.717, 1.165) is 28.2 Å². The number of H-pyrrole nitrogens is 1. The van der Waals surface area contributed by atoms with Gasteiger partial charge in [-0.05, 0) is 57.7 Å². The summed E-state index contributed by atoms with van der Waals surface area (Å²) < 4.78 is 6.31. The summed E-state index contributed by atoms with van der Waals surface area (Å²) in [4.78, 5) is 26.4. The lowest BCUT2D eigenvalue weighted by Crippen LogP contribution is -2.43.